The summed E-state index contributed by atoms with van der Waals surface area (Å²) in [4.78, 5) is 15.7. The zero-order chi connectivity index (χ0) is 15.3. The SMILES string of the molecule is CC(C)CS(=O)(=O)CC(=O)N1CCN(C[C@@H](C)O)CC1. The Hall–Kier alpha value is -0.660. The monoisotopic (exact) mass is 306 g/mol. The van der Waals surface area contributed by atoms with E-state index in [9.17, 15) is 18.3 Å². The van der Waals surface area contributed by atoms with Gasteiger partial charge in [0.1, 0.15) is 5.75 Å². The fraction of sp³-hybridized carbons (Fsp3) is 0.923. The molecule has 1 saturated heterocycles. The molecule has 0 spiro atoms. The van der Waals surface area contributed by atoms with Crippen molar-refractivity contribution < 1.29 is 18.3 Å². The quantitative estimate of drug-likeness (QED) is 0.721. The number of hydrogen-bond donors (Lipinski definition) is 1. The van der Waals surface area contributed by atoms with Gasteiger partial charge < -0.3 is 10.0 Å². The second-order valence-electron chi connectivity index (χ2n) is 5.98. The number of rotatable bonds is 6. The number of piperazine rings is 1. The number of amides is 1. The maximum absolute atomic E-state index is 12.0. The summed E-state index contributed by atoms with van der Waals surface area (Å²) in [6.07, 6.45) is -0.385. The van der Waals surface area contributed by atoms with Crippen LogP contribution >= 0.6 is 0 Å². The summed E-state index contributed by atoms with van der Waals surface area (Å²) in [5, 5.41) is 9.31. The standard InChI is InChI=1S/C13H26N2O4S/c1-11(2)9-20(18,19)10-13(17)15-6-4-14(5-7-15)8-12(3)16/h11-12,16H,4-10H2,1-3H3/t12-/m1/s1. The highest BCUT2D eigenvalue weighted by molar-refractivity contribution is 7.92. The molecule has 0 saturated carbocycles. The van der Waals surface area contributed by atoms with E-state index in [1.54, 1.807) is 11.8 Å². The summed E-state index contributed by atoms with van der Waals surface area (Å²) in [7, 11) is -3.31. The molecule has 0 unspecified atom stereocenters. The van der Waals surface area contributed by atoms with E-state index < -0.39 is 9.84 Å². The van der Waals surface area contributed by atoms with Crippen LogP contribution in [-0.2, 0) is 14.6 Å². The van der Waals surface area contributed by atoms with Crippen molar-refractivity contribution in [2.24, 2.45) is 5.92 Å². The highest BCUT2D eigenvalue weighted by atomic mass is 32.2. The average molecular weight is 306 g/mol. The number of hydrogen-bond acceptors (Lipinski definition) is 5. The molecule has 0 aromatic rings. The lowest BCUT2D eigenvalue weighted by molar-refractivity contribution is -0.130. The zero-order valence-corrected chi connectivity index (χ0v) is 13.4. The smallest absolute Gasteiger partial charge is 0.237 e. The summed E-state index contributed by atoms with van der Waals surface area (Å²) in [5.41, 5.74) is 0. The Morgan fingerprint density at radius 3 is 2.15 bits per heavy atom. The van der Waals surface area contributed by atoms with E-state index in [0.29, 0.717) is 32.7 Å². The number of nitrogens with zero attached hydrogens (tertiary/aromatic N) is 2. The minimum absolute atomic E-state index is 0.0377. The zero-order valence-electron chi connectivity index (χ0n) is 12.6. The Morgan fingerprint density at radius 1 is 1.15 bits per heavy atom. The largest absolute Gasteiger partial charge is 0.392 e. The minimum atomic E-state index is -3.31. The van der Waals surface area contributed by atoms with Crippen molar-refractivity contribution in [1.29, 1.82) is 0 Å². The summed E-state index contributed by atoms with van der Waals surface area (Å²) >= 11 is 0. The first-order valence-corrected chi connectivity index (χ1v) is 8.90. The van der Waals surface area contributed by atoms with Crippen molar-refractivity contribution in [3.8, 4) is 0 Å². The Bertz CT molecular complexity index is 412. The molecule has 20 heavy (non-hydrogen) atoms. The second-order valence-corrected chi connectivity index (χ2v) is 8.09. The van der Waals surface area contributed by atoms with E-state index in [4.69, 9.17) is 0 Å². The van der Waals surface area contributed by atoms with Crippen LogP contribution in [0, 0.1) is 5.92 Å². The van der Waals surface area contributed by atoms with Gasteiger partial charge in [-0.25, -0.2) is 8.42 Å². The third-order valence-electron chi connectivity index (χ3n) is 3.18. The number of aliphatic hydroxyl groups is 1. The van der Waals surface area contributed by atoms with Crippen LogP contribution in [0.15, 0.2) is 0 Å². The molecule has 1 heterocycles. The highest BCUT2D eigenvalue weighted by Crippen LogP contribution is 2.06. The Morgan fingerprint density at radius 2 is 1.70 bits per heavy atom. The Kier molecular flexibility index (Phi) is 6.42. The molecular formula is C13H26N2O4S. The van der Waals surface area contributed by atoms with Crippen LogP contribution in [0.2, 0.25) is 0 Å². The van der Waals surface area contributed by atoms with E-state index in [2.05, 4.69) is 4.90 Å². The lowest BCUT2D eigenvalue weighted by atomic mass is 10.3. The van der Waals surface area contributed by atoms with Gasteiger partial charge in [-0.15, -0.1) is 0 Å². The number of carbonyl (C=O) groups excluding carboxylic acids is 1. The molecular weight excluding hydrogens is 280 g/mol. The van der Waals surface area contributed by atoms with Crippen molar-refractivity contribution >= 4 is 15.7 Å². The van der Waals surface area contributed by atoms with Crippen molar-refractivity contribution in [1.82, 2.24) is 9.80 Å². The minimum Gasteiger partial charge on any atom is -0.392 e. The molecule has 0 aliphatic carbocycles. The number of β-amino-alcohol motifs (C(OH)–C–C–N with tert-alkyl or cyclic N) is 1. The van der Waals surface area contributed by atoms with Gasteiger partial charge in [0.15, 0.2) is 9.84 Å². The van der Waals surface area contributed by atoms with Gasteiger partial charge in [-0.1, -0.05) is 13.8 Å². The molecule has 0 aromatic carbocycles. The maximum atomic E-state index is 12.0. The molecule has 6 nitrogen and oxygen atoms in total. The van der Waals surface area contributed by atoms with Gasteiger partial charge in [0.05, 0.1) is 11.9 Å². The topological polar surface area (TPSA) is 77.9 Å². The number of carbonyl (C=O) groups is 1. The summed E-state index contributed by atoms with van der Waals surface area (Å²) in [5.74, 6) is -0.597. The van der Waals surface area contributed by atoms with Gasteiger partial charge in [0.25, 0.3) is 0 Å². The van der Waals surface area contributed by atoms with Crippen LogP contribution in [0.5, 0.6) is 0 Å². The van der Waals surface area contributed by atoms with Gasteiger partial charge in [-0.3, -0.25) is 9.69 Å². The van der Waals surface area contributed by atoms with Crippen LogP contribution in [0.4, 0.5) is 0 Å². The average Bonchev–Trinajstić information content (AvgIpc) is 2.26. The van der Waals surface area contributed by atoms with Crippen LogP contribution in [-0.4, -0.2) is 79.6 Å². The van der Waals surface area contributed by atoms with Crippen molar-refractivity contribution in [2.75, 3.05) is 44.2 Å². The van der Waals surface area contributed by atoms with E-state index in [0.717, 1.165) is 0 Å². The Balaban J connectivity index is 2.43. The van der Waals surface area contributed by atoms with E-state index in [1.165, 1.54) is 0 Å². The fourth-order valence-corrected chi connectivity index (χ4v) is 4.09. The highest BCUT2D eigenvalue weighted by Gasteiger charge is 2.26. The van der Waals surface area contributed by atoms with Crippen LogP contribution in [0.25, 0.3) is 0 Å². The van der Waals surface area contributed by atoms with Gasteiger partial charge in [-0.2, -0.15) is 0 Å². The molecule has 1 rings (SSSR count). The Labute approximate surface area is 121 Å². The fourth-order valence-electron chi connectivity index (χ4n) is 2.40. The predicted octanol–water partition coefficient (Wildman–Crippen LogP) is -0.418. The third-order valence-corrected chi connectivity index (χ3v) is 5.04. The first kappa shape index (κ1) is 17.4. The molecule has 1 N–H and O–H groups in total. The summed E-state index contributed by atoms with van der Waals surface area (Å²) in [6.45, 7) is 8.41. The lowest BCUT2D eigenvalue weighted by Crippen LogP contribution is -2.51. The molecule has 1 aliphatic heterocycles. The van der Waals surface area contributed by atoms with Crippen LogP contribution in [0.1, 0.15) is 20.8 Å². The summed E-state index contributed by atoms with van der Waals surface area (Å²) in [6, 6.07) is 0. The van der Waals surface area contributed by atoms with Gasteiger partial charge in [0, 0.05) is 32.7 Å². The number of aliphatic hydroxyl groups excluding tert-OH is 1. The predicted molar refractivity (Wildman–Crippen MR) is 78.2 cm³/mol. The van der Waals surface area contributed by atoms with Gasteiger partial charge >= 0.3 is 0 Å². The van der Waals surface area contributed by atoms with Crippen LogP contribution in [0.3, 0.4) is 0 Å². The lowest BCUT2D eigenvalue weighted by Gasteiger charge is -2.35. The van der Waals surface area contributed by atoms with E-state index >= 15 is 0 Å². The normalized spacial score (nSPS) is 19.4. The van der Waals surface area contributed by atoms with Crippen molar-refractivity contribution in [3.63, 3.8) is 0 Å². The van der Waals surface area contributed by atoms with E-state index in [1.807, 2.05) is 13.8 Å². The second kappa shape index (κ2) is 7.38. The molecule has 0 bridgehead atoms. The first-order chi connectivity index (χ1) is 9.19. The van der Waals surface area contributed by atoms with Crippen molar-refractivity contribution in [3.05, 3.63) is 0 Å². The molecule has 0 radical (unpaired) electrons. The molecule has 1 fully saturated rings. The maximum Gasteiger partial charge on any atom is 0.237 e. The van der Waals surface area contributed by atoms with Crippen molar-refractivity contribution in [2.45, 2.75) is 26.9 Å². The molecule has 1 amide bonds. The van der Waals surface area contributed by atoms with Gasteiger partial charge in [-0.05, 0) is 12.8 Å². The van der Waals surface area contributed by atoms with Gasteiger partial charge in [0.2, 0.25) is 5.91 Å². The number of sulfone groups is 1. The molecule has 7 heteroatoms. The first-order valence-electron chi connectivity index (χ1n) is 7.08. The molecule has 118 valence electrons. The molecule has 0 aromatic heterocycles. The molecule has 1 atom stereocenters. The van der Waals surface area contributed by atoms with E-state index in [-0.39, 0.29) is 29.4 Å². The summed E-state index contributed by atoms with van der Waals surface area (Å²) < 4.78 is 23.6. The third kappa shape index (κ3) is 6.19. The van der Waals surface area contributed by atoms with Crippen LogP contribution < -0.4 is 0 Å². The molecule has 1 aliphatic rings.